The molecule has 10 rings (SSSR count). The van der Waals surface area contributed by atoms with Crippen molar-refractivity contribution in [3.63, 3.8) is 0 Å². The molecule has 9 aromatic carbocycles. The van der Waals surface area contributed by atoms with Crippen LogP contribution in [-0.2, 0) is 5.41 Å². The molecule has 0 atom stereocenters. The molecule has 230 valence electrons. The van der Waals surface area contributed by atoms with Crippen LogP contribution in [0, 0.1) is 0 Å². The molecule has 0 heteroatoms. The Morgan fingerprint density at radius 3 is 1.41 bits per heavy atom. The molecule has 0 aromatic heterocycles. The Bertz CT molecular complexity index is 2730. The number of fused-ring (bicyclic) bond motifs is 7. The first-order chi connectivity index (χ1) is 24.1. The molecule has 0 nitrogen and oxygen atoms in total. The van der Waals surface area contributed by atoms with Gasteiger partial charge in [0.05, 0.1) is 0 Å². The van der Waals surface area contributed by atoms with E-state index >= 15 is 0 Å². The minimum absolute atomic E-state index is 0.160. The van der Waals surface area contributed by atoms with Crippen molar-refractivity contribution in [1.29, 1.82) is 0 Å². The lowest BCUT2D eigenvalue weighted by Gasteiger charge is -2.26. The van der Waals surface area contributed by atoms with E-state index in [1.165, 1.54) is 98.7 Å². The topological polar surface area (TPSA) is 0 Å². The summed E-state index contributed by atoms with van der Waals surface area (Å²) in [5.74, 6) is 0. The molecular weight excluding hydrogens is 589 g/mol. The van der Waals surface area contributed by atoms with Crippen LogP contribution in [0.15, 0.2) is 170 Å². The van der Waals surface area contributed by atoms with Crippen molar-refractivity contribution in [2.45, 2.75) is 19.3 Å². The van der Waals surface area contributed by atoms with Gasteiger partial charge >= 0.3 is 0 Å². The summed E-state index contributed by atoms with van der Waals surface area (Å²) in [5, 5.41) is 10.3. The fourth-order valence-corrected chi connectivity index (χ4v) is 8.88. The Morgan fingerprint density at radius 1 is 0.306 bits per heavy atom. The number of benzene rings is 9. The highest BCUT2D eigenvalue weighted by Crippen LogP contribution is 2.55. The summed E-state index contributed by atoms with van der Waals surface area (Å²) in [4.78, 5) is 0. The summed E-state index contributed by atoms with van der Waals surface area (Å²) in [6, 6.07) is 63.1. The van der Waals surface area contributed by atoms with E-state index in [2.05, 4.69) is 184 Å². The third kappa shape index (κ3) is 4.04. The van der Waals surface area contributed by atoms with Gasteiger partial charge in [-0.15, -0.1) is 0 Å². The normalized spacial score (nSPS) is 13.3. The average molecular weight is 623 g/mol. The zero-order chi connectivity index (χ0) is 32.7. The van der Waals surface area contributed by atoms with Gasteiger partial charge in [-0.25, -0.2) is 0 Å². The van der Waals surface area contributed by atoms with Gasteiger partial charge in [-0.1, -0.05) is 172 Å². The molecule has 0 saturated carbocycles. The lowest BCUT2D eigenvalue weighted by molar-refractivity contribution is 0.663. The molecule has 0 bridgehead atoms. The van der Waals surface area contributed by atoms with Gasteiger partial charge < -0.3 is 0 Å². The van der Waals surface area contributed by atoms with E-state index in [1.807, 2.05) is 0 Å². The zero-order valence-electron chi connectivity index (χ0n) is 27.7. The Kier molecular flexibility index (Phi) is 6.02. The van der Waals surface area contributed by atoms with Gasteiger partial charge in [0.15, 0.2) is 0 Å². The molecule has 0 unspecified atom stereocenters. The molecule has 0 spiro atoms. The molecule has 49 heavy (non-hydrogen) atoms. The smallest absolute Gasteiger partial charge is 0.0165 e. The lowest BCUT2D eigenvalue weighted by Crippen LogP contribution is -2.16. The van der Waals surface area contributed by atoms with Gasteiger partial charge in [-0.2, -0.15) is 0 Å². The predicted molar refractivity (Wildman–Crippen MR) is 210 cm³/mol. The van der Waals surface area contributed by atoms with Crippen LogP contribution in [0.1, 0.15) is 25.0 Å². The average Bonchev–Trinajstić information content (AvgIpc) is 3.38. The van der Waals surface area contributed by atoms with Crippen LogP contribution in [0.5, 0.6) is 0 Å². The van der Waals surface area contributed by atoms with Crippen LogP contribution in [0.3, 0.4) is 0 Å². The minimum Gasteiger partial charge on any atom is -0.0616 e. The van der Waals surface area contributed by atoms with E-state index in [1.54, 1.807) is 0 Å². The fourth-order valence-electron chi connectivity index (χ4n) is 8.88. The van der Waals surface area contributed by atoms with Crippen molar-refractivity contribution in [3.8, 4) is 44.5 Å². The molecule has 9 aromatic rings. The summed E-state index contributed by atoms with van der Waals surface area (Å²) in [6.45, 7) is 4.82. The van der Waals surface area contributed by atoms with Crippen LogP contribution in [-0.4, -0.2) is 0 Å². The van der Waals surface area contributed by atoms with Gasteiger partial charge in [0, 0.05) is 5.41 Å². The molecule has 0 heterocycles. The SMILES string of the molecule is CC1(C)c2cc3ccccc3cc2-c2cccc(-c3c4ccccc4c(-c4ccccc4-c4cccc5ccccc45)c4ccccc34)c21. The number of hydrogen-bond donors (Lipinski definition) is 0. The second-order valence-electron chi connectivity index (χ2n) is 14.0. The molecule has 1 aliphatic rings. The summed E-state index contributed by atoms with van der Waals surface area (Å²) in [6.07, 6.45) is 0. The minimum atomic E-state index is -0.160. The maximum absolute atomic E-state index is 2.43. The number of rotatable bonds is 3. The molecule has 0 saturated heterocycles. The quantitative estimate of drug-likeness (QED) is 0.172. The molecule has 1 aliphatic carbocycles. The van der Waals surface area contributed by atoms with E-state index in [0.717, 1.165) is 0 Å². The van der Waals surface area contributed by atoms with E-state index in [-0.39, 0.29) is 5.41 Å². The van der Waals surface area contributed by atoms with Crippen LogP contribution >= 0.6 is 0 Å². The summed E-state index contributed by atoms with van der Waals surface area (Å²) >= 11 is 0. The predicted octanol–water partition coefficient (Wildman–Crippen LogP) is 13.6. The molecule has 0 aliphatic heterocycles. The highest BCUT2D eigenvalue weighted by Gasteiger charge is 2.38. The third-order valence-electron chi connectivity index (χ3n) is 11.0. The Labute approximate surface area is 286 Å². The molecular formula is C49H34. The molecule has 0 radical (unpaired) electrons. The Balaban J connectivity index is 1.29. The van der Waals surface area contributed by atoms with E-state index in [4.69, 9.17) is 0 Å². The van der Waals surface area contributed by atoms with E-state index in [0.29, 0.717) is 0 Å². The Morgan fingerprint density at radius 2 is 0.735 bits per heavy atom. The van der Waals surface area contributed by atoms with E-state index in [9.17, 15) is 0 Å². The summed E-state index contributed by atoms with van der Waals surface area (Å²) in [5.41, 5.74) is 13.1. The van der Waals surface area contributed by atoms with Crippen molar-refractivity contribution in [2.24, 2.45) is 0 Å². The standard InChI is InChI=1S/C49H34/c1-49(2)45-30-33-17-4-3-16-32(33)29-44(45)42-27-14-28-43(48(42)49)47-40-24-11-9-22-38(40)46(39-23-10-12-25-41(39)47)37-21-8-7-20-36(37)35-26-13-18-31-15-5-6-19-34(31)35/h3-30H,1-2H3. The van der Waals surface area contributed by atoms with Crippen LogP contribution < -0.4 is 0 Å². The first-order valence-electron chi connectivity index (χ1n) is 17.3. The van der Waals surface area contributed by atoms with Crippen molar-refractivity contribution < 1.29 is 0 Å². The second kappa shape index (κ2) is 10.5. The van der Waals surface area contributed by atoms with Gasteiger partial charge in [0.2, 0.25) is 0 Å². The van der Waals surface area contributed by atoms with Crippen molar-refractivity contribution in [2.75, 3.05) is 0 Å². The van der Waals surface area contributed by atoms with Gasteiger partial charge in [0.25, 0.3) is 0 Å². The Hall–Kier alpha value is -5.98. The van der Waals surface area contributed by atoms with Crippen molar-refractivity contribution >= 4 is 43.1 Å². The van der Waals surface area contributed by atoms with Crippen molar-refractivity contribution in [1.82, 2.24) is 0 Å². The number of hydrogen-bond acceptors (Lipinski definition) is 0. The largest absolute Gasteiger partial charge is 0.0616 e. The highest BCUT2D eigenvalue weighted by molar-refractivity contribution is 6.23. The zero-order valence-corrected chi connectivity index (χ0v) is 27.7. The first kappa shape index (κ1) is 28.1. The fraction of sp³-hybridized carbons (Fsp3) is 0.0612. The van der Waals surface area contributed by atoms with Crippen molar-refractivity contribution in [3.05, 3.63) is 181 Å². The van der Waals surface area contributed by atoms with Gasteiger partial charge in [-0.3, -0.25) is 0 Å². The maximum Gasteiger partial charge on any atom is 0.0165 e. The second-order valence-corrected chi connectivity index (χ2v) is 14.0. The maximum atomic E-state index is 2.43. The summed E-state index contributed by atoms with van der Waals surface area (Å²) < 4.78 is 0. The van der Waals surface area contributed by atoms with Crippen LogP contribution in [0.25, 0.3) is 87.6 Å². The van der Waals surface area contributed by atoms with Crippen LogP contribution in [0.2, 0.25) is 0 Å². The van der Waals surface area contributed by atoms with Gasteiger partial charge in [0.1, 0.15) is 0 Å². The molecule has 0 amide bonds. The van der Waals surface area contributed by atoms with E-state index < -0.39 is 0 Å². The van der Waals surface area contributed by atoms with Crippen LogP contribution in [0.4, 0.5) is 0 Å². The molecule has 0 N–H and O–H groups in total. The third-order valence-corrected chi connectivity index (χ3v) is 11.0. The lowest BCUT2D eigenvalue weighted by atomic mass is 9.76. The first-order valence-corrected chi connectivity index (χ1v) is 17.3. The summed E-state index contributed by atoms with van der Waals surface area (Å²) in [7, 11) is 0. The van der Waals surface area contributed by atoms with Gasteiger partial charge in [-0.05, 0) is 111 Å². The highest BCUT2D eigenvalue weighted by atomic mass is 14.4. The monoisotopic (exact) mass is 622 g/mol. The molecule has 0 fully saturated rings.